The Morgan fingerprint density at radius 3 is 2.29 bits per heavy atom. The van der Waals surface area contributed by atoms with Crippen LogP contribution >= 0.6 is 0 Å². The van der Waals surface area contributed by atoms with Gasteiger partial charge < -0.3 is 14.5 Å². The van der Waals surface area contributed by atoms with Gasteiger partial charge in [-0.3, -0.25) is 9.59 Å². The number of carbonyl (C=O) groups excluding carboxylic acids is 2. The van der Waals surface area contributed by atoms with Gasteiger partial charge in [-0.2, -0.15) is 0 Å². The van der Waals surface area contributed by atoms with Gasteiger partial charge in [-0.15, -0.1) is 0 Å². The van der Waals surface area contributed by atoms with E-state index in [2.05, 4.69) is 13.0 Å². The molecule has 1 heterocycles. The monoisotopic (exact) mass is 386 g/mol. The maximum Gasteiger partial charge on any atom is 0.260 e. The maximum atomic E-state index is 12.8. The lowest BCUT2D eigenvalue weighted by atomic mass is 9.88. The van der Waals surface area contributed by atoms with Crippen molar-refractivity contribution >= 4 is 11.8 Å². The Labute approximate surface area is 169 Å². The first-order chi connectivity index (χ1) is 13.5. The molecule has 1 aliphatic heterocycles. The molecule has 2 fully saturated rings. The molecule has 1 aromatic carbocycles. The highest BCUT2D eigenvalue weighted by atomic mass is 16.5. The van der Waals surface area contributed by atoms with Crippen LogP contribution in [0.15, 0.2) is 12.1 Å². The summed E-state index contributed by atoms with van der Waals surface area (Å²) < 4.78 is 5.90. The second-order valence-corrected chi connectivity index (χ2v) is 8.34. The van der Waals surface area contributed by atoms with E-state index in [-0.39, 0.29) is 18.4 Å². The minimum absolute atomic E-state index is 0.00673. The summed E-state index contributed by atoms with van der Waals surface area (Å²) >= 11 is 0. The van der Waals surface area contributed by atoms with Gasteiger partial charge in [0.25, 0.3) is 5.91 Å². The average Bonchev–Trinajstić information content (AvgIpc) is 2.97. The van der Waals surface area contributed by atoms with E-state index in [1.54, 1.807) is 0 Å². The van der Waals surface area contributed by atoms with Crippen molar-refractivity contribution < 1.29 is 14.3 Å². The predicted octanol–water partition coefficient (Wildman–Crippen LogP) is 3.63. The van der Waals surface area contributed by atoms with Crippen LogP contribution in [-0.4, -0.2) is 54.4 Å². The highest BCUT2D eigenvalue weighted by molar-refractivity contribution is 5.80. The summed E-state index contributed by atoms with van der Waals surface area (Å²) in [7, 11) is 0. The molecule has 2 amide bonds. The number of aryl methyl sites for hydroxylation is 2. The summed E-state index contributed by atoms with van der Waals surface area (Å²) in [4.78, 5) is 29.3. The number of hydrogen-bond acceptors (Lipinski definition) is 3. The number of hydrogen-bond donors (Lipinski definition) is 0. The van der Waals surface area contributed by atoms with E-state index >= 15 is 0 Å². The van der Waals surface area contributed by atoms with Crippen molar-refractivity contribution in [3.05, 3.63) is 28.8 Å². The summed E-state index contributed by atoms with van der Waals surface area (Å²) in [5, 5.41) is 0. The molecule has 0 bridgehead atoms. The summed E-state index contributed by atoms with van der Waals surface area (Å²) in [6, 6.07) is 4.11. The molecule has 1 aromatic rings. The molecule has 5 heteroatoms. The highest BCUT2D eigenvalue weighted by Gasteiger charge is 2.28. The van der Waals surface area contributed by atoms with Gasteiger partial charge in [0.15, 0.2) is 6.61 Å². The van der Waals surface area contributed by atoms with E-state index in [1.807, 2.05) is 29.7 Å². The Morgan fingerprint density at radius 1 is 0.893 bits per heavy atom. The lowest BCUT2D eigenvalue weighted by Crippen LogP contribution is -2.41. The quantitative estimate of drug-likeness (QED) is 0.794. The second kappa shape index (κ2) is 9.44. The first-order valence-electron chi connectivity index (χ1n) is 10.7. The van der Waals surface area contributed by atoms with E-state index in [4.69, 9.17) is 4.74 Å². The van der Waals surface area contributed by atoms with Gasteiger partial charge in [0.2, 0.25) is 5.91 Å². The van der Waals surface area contributed by atoms with Crippen LogP contribution in [-0.2, 0) is 9.59 Å². The van der Waals surface area contributed by atoms with E-state index in [9.17, 15) is 9.59 Å². The topological polar surface area (TPSA) is 49.9 Å². The van der Waals surface area contributed by atoms with Crippen LogP contribution in [0.3, 0.4) is 0 Å². The Bertz CT molecular complexity index is 710. The summed E-state index contributed by atoms with van der Waals surface area (Å²) in [6.45, 7) is 8.85. The first-order valence-corrected chi connectivity index (χ1v) is 10.7. The predicted molar refractivity (Wildman–Crippen MR) is 111 cm³/mol. The number of amides is 2. The molecule has 154 valence electrons. The fraction of sp³-hybridized carbons (Fsp3) is 0.652. The average molecular weight is 387 g/mol. The van der Waals surface area contributed by atoms with Gasteiger partial charge in [-0.1, -0.05) is 31.4 Å². The van der Waals surface area contributed by atoms with Crippen LogP contribution in [0.25, 0.3) is 0 Å². The van der Waals surface area contributed by atoms with Crippen molar-refractivity contribution in [2.45, 2.75) is 59.3 Å². The molecule has 2 aliphatic rings. The van der Waals surface area contributed by atoms with Crippen LogP contribution < -0.4 is 4.74 Å². The van der Waals surface area contributed by atoms with E-state index in [0.29, 0.717) is 25.5 Å². The normalized spacial score (nSPS) is 18.7. The van der Waals surface area contributed by atoms with E-state index in [0.717, 1.165) is 42.7 Å². The smallest absolute Gasteiger partial charge is 0.260 e. The molecular formula is C23H34N2O3. The fourth-order valence-corrected chi connectivity index (χ4v) is 4.37. The van der Waals surface area contributed by atoms with Crippen LogP contribution in [0.2, 0.25) is 0 Å². The molecule has 3 rings (SSSR count). The molecule has 5 nitrogen and oxygen atoms in total. The summed E-state index contributed by atoms with van der Waals surface area (Å²) in [6.07, 6.45) is 6.49. The number of ether oxygens (including phenoxy) is 1. The maximum absolute atomic E-state index is 12.8. The Hall–Kier alpha value is -2.04. The first kappa shape index (κ1) is 20.7. The van der Waals surface area contributed by atoms with E-state index in [1.165, 1.54) is 24.8 Å². The van der Waals surface area contributed by atoms with Gasteiger partial charge in [0.05, 0.1) is 0 Å². The molecule has 0 atom stereocenters. The van der Waals surface area contributed by atoms with Crippen LogP contribution in [0.4, 0.5) is 0 Å². The molecule has 28 heavy (non-hydrogen) atoms. The van der Waals surface area contributed by atoms with Crippen LogP contribution in [0, 0.1) is 26.7 Å². The molecule has 1 saturated carbocycles. The lowest BCUT2D eigenvalue weighted by Gasteiger charge is -2.28. The minimum atomic E-state index is 0.00673. The molecule has 0 aromatic heterocycles. The molecule has 0 spiro atoms. The third-order valence-corrected chi connectivity index (χ3v) is 6.33. The number of rotatable bonds is 4. The van der Waals surface area contributed by atoms with Gasteiger partial charge in [-0.05, 0) is 56.7 Å². The third kappa shape index (κ3) is 4.86. The zero-order valence-corrected chi connectivity index (χ0v) is 17.6. The third-order valence-electron chi connectivity index (χ3n) is 6.33. The number of benzene rings is 1. The Morgan fingerprint density at radius 2 is 1.54 bits per heavy atom. The lowest BCUT2D eigenvalue weighted by molar-refractivity contribution is -0.137. The second-order valence-electron chi connectivity index (χ2n) is 8.34. The zero-order valence-electron chi connectivity index (χ0n) is 17.6. The van der Waals surface area contributed by atoms with Gasteiger partial charge in [-0.25, -0.2) is 0 Å². The van der Waals surface area contributed by atoms with Crippen molar-refractivity contribution in [1.82, 2.24) is 9.80 Å². The van der Waals surface area contributed by atoms with Crippen molar-refractivity contribution in [2.75, 3.05) is 32.8 Å². The van der Waals surface area contributed by atoms with Gasteiger partial charge >= 0.3 is 0 Å². The van der Waals surface area contributed by atoms with Crippen LogP contribution in [0.5, 0.6) is 5.75 Å². The summed E-state index contributed by atoms with van der Waals surface area (Å²) in [5.74, 6) is 1.33. The standard InChI is InChI=1S/C23H34N2O3/c1-17-10-11-18(2)22(19(17)3)28-16-21(26)24-12-7-13-25(15-14-24)23(27)20-8-5-4-6-9-20/h10-11,20H,4-9,12-16H2,1-3H3. The van der Waals surface area contributed by atoms with Crippen molar-refractivity contribution in [2.24, 2.45) is 5.92 Å². The van der Waals surface area contributed by atoms with Crippen molar-refractivity contribution in [3.63, 3.8) is 0 Å². The zero-order chi connectivity index (χ0) is 20.1. The Balaban J connectivity index is 1.53. The van der Waals surface area contributed by atoms with Crippen molar-refractivity contribution in [3.8, 4) is 5.75 Å². The minimum Gasteiger partial charge on any atom is -0.483 e. The fourth-order valence-electron chi connectivity index (χ4n) is 4.37. The van der Waals surface area contributed by atoms with Crippen molar-refractivity contribution in [1.29, 1.82) is 0 Å². The van der Waals surface area contributed by atoms with Crippen LogP contribution in [0.1, 0.15) is 55.2 Å². The van der Waals surface area contributed by atoms with Gasteiger partial charge in [0, 0.05) is 32.1 Å². The highest BCUT2D eigenvalue weighted by Crippen LogP contribution is 2.27. The SMILES string of the molecule is Cc1ccc(C)c(OCC(=O)N2CCCN(C(=O)C3CCCCC3)CC2)c1C. The Kier molecular flexibility index (Phi) is 6.97. The largest absolute Gasteiger partial charge is 0.483 e. The molecule has 0 radical (unpaired) electrons. The number of carbonyl (C=O) groups is 2. The molecule has 1 saturated heterocycles. The molecule has 0 N–H and O–H groups in total. The van der Waals surface area contributed by atoms with Gasteiger partial charge in [0.1, 0.15) is 5.75 Å². The summed E-state index contributed by atoms with van der Waals surface area (Å²) in [5.41, 5.74) is 3.31. The molecule has 0 unspecified atom stereocenters. The number of nitrogens with zero attached hydrogens (tertiary/aromatic N) is 2. The molecule has 1 aliphatic carbocycles. The molecular weight excluding hydrogens is 352 g/mol. The van der Waals surface area contributed by atoms with E-state index < -0.39 is 0 Å².